The number of phenolic OH excluding ortho intramolecular Hbond substituents is 1. The zero-order valence-corrected chi connectivity index (χ0v) is 13.4. The molecule has 1 aromatic carbocycles. The van der Waals surface area contributed by atoms with Crippen LogP contribution in [0.25, 0.3) is 0 Å². The summed E-state index contributed by atoms with van der Waals surface area (Å²) in [5.41, 5.74) is 1.98. The van der Waals surface area contributed by atoms with Gasteiger partial charge in [-0.25, -0.2) is 0 Å². The van der Waals surface area contributed by atoms with Gasteiger partial charge >= 0.3 is 0 Å². The van der Waals surface area contributed by atoms with Crippen molar-refractivity contribution in [3.63, 3.8) is 0 Å². The van der Waals surface area contributed by atoms with E-state index in [-0.39, 0.29) is 6.04 Å². The number of hydrogen-bond donors (Lipinski definition) is 2. The van der Waals surface area contributed by atoms with E-state index in [0.717, 1.165) is 37.4 Å². The quantitative estimate of drug-likeness (QED) is 0.846. The summed E-state index contributed by atoms with van der Waals surface area (Å²) in [6.07, 6.45) is 3.87. The lowest BCUT2D eigenvalue weighted by molar-refractivity contribution is 0.0216. The molecule has 118 valence electrons. The van der Waals surface area contributed by atoms with Gasteiger partial charge in [0.1, 0.15) is 5.75 Å². The van der Waals surface area contributed by atoms with Crippen molar-refractivity contribution in [1.29, 1.82) is 0 Å². The smallest absolute Gasteiger partial charge is 0.122 e. The third-order valence-electron chi connectivity index (χ3n) is 4.18. The highest BCUT2D eigenvalue weighted by atomic mass is 16.5. The number of likely N-dealkylation sites (N-methyl/N-ethyl adjacent to an activating group) is 1. The lowest BCUT2D eigenvalue weighted by Crippen LogP contribution is -2.33. The summed E-state index contributed by atoms with van der Waals surface area (Å²) in [7, 11) is 2.06. The molecule has 4 nitrogen and oxygen atoms in total. The largest absolute Gasteiger partial charge is 0.508 e. The molecule has 1 aliphatic rings. The van der Waals surface area contributed by atoms with Crippen LogP contribution in [0.2, 0.25) is 0 Å². The topological polar surface area (TPSA) is 44.7 Å². The fourth-order valence-electron chi connectivity index (χ4n) is 2.91. The minimum Gasteiger partial charge on any atom is -0.508 e. The number of nitrogens with one attached hydrogen (secondary N) is 1. The van der Waals surface area contributed by atoms with E-state index in [9.17, 15) is 5.11 Å². The maximum Gasteiger partial charge on any atom is 0.122 e. The number of benzene rings is 1. The Labute approximate surface area is 128 Å². The predicted octanol–water partition coefficient (Wildman–Crippen LogP) is 3.07. The molecule has 1 fully saturated rings. The van der Waals surface area contributed by atoms with Crippen molar-refractivity contribution in [2.24, 2.45) is 0 Å². The molecule has 0 bridgehead atoms. The highest BCUT2D eigenvalue weighted by Gasteiger charge is 2.17. The summed E-state index contributed by atoms with van der Waals surface area (Å²) in [6, 6.07) is 6.10. The third kappa shape index (κ3) is 4.35. The van der Waals surface area contributed by atoms with Crippen LogP contribution >= 0.6 is 0 Å². The molecule has 2 rings (SSSR count). The van der Waals surface area contributed by atoms with E-state index in [2.05, 4.69) is 37.2 Å². The van der Waals surface area contributed by atoms with Crippen LogP contribution in [0.3, 0.4) is 0 Å². The van der Waals surface area contributed by atoms with Crippen LogP contribution in [-0.2, 0) is 4.74 Å². The molecule has 2 unspecified atom stereocenters. The van der Waals surface area contributed by atoms with Gasteiger partial charge in [-0.2, -0.15) is 0 Å². The molecule has 1 saturated heterocycles. The minimum atomic E-state index is 0.163. The van der Waals surface area contributed by atoms with Crippen LogP contribution in [0.5, 0.6) is 5.75 Å². The lowest BCUT2D eigenvalue weighted by Gasteiger charge is -2.29. The van der Waals surface area contributed by atoms with Crippen molar-refractivity contribution in [3.8, 4) is 5.75 Å². The molecule has 0 aliphatic carbocycles. The van der Waals surface area contributed by atoms with Gasteiger partial charge in [-0.05, 0) is 38.8 Å². The second kappa shape index (κ2) is 7.66. The highest BCUT2D eigenvalue weighted by Crippen LogP contribution is 2.29. The van der Waals surface area contributed by atoms with Crippen molar-refractivity contribution in [1.82, 2.24) is 5.32 Å². The summed E-state index contributed by atoms with van der Waals surface area (Å²) in [4.78, 5) is 2.16. The Hall–Kier alpha value is -1.26. The van der Waals surface area contributed by atoms with Crippen LogP contribution in [0, 0.1) is 0 Å². The number of phenols is 1. The van der Waals surface area contributed by atoms with Crippen molar-refractivity contribution in [3.05, 3.63) is 23.8 Å². The molecule has 21 heavy (non-hydrogen) atoms. The zero-order chi connectivity index (χ0) is 15.2. The summed E-state index contributed by atoms with van der Waals surface area (Å²) < 4.78 is 5.78. The van der Waals surface area contributed by atoms with Gasteiger partial charge < -0.3 is 20.1 Å². The number of anilines is 1. The van der Waals surface area contributed by atoms with Gasteiger partial charge in [0.05, 0.1) is 6.10 Å². The third-order valence-corrected chi connectivity index (χ3v) is 4.18. The SMILES string of the molecule is CCNC(C)c1ccc(N(C)CC2CCCCO2)cc1O. The standard InChI is InChI=1S/C17H28N2O2/c1-4-18-13(2)16-9-8-14(11-17(16)20)19(3)12-15-7-5-6-10-21-15/h8-9,11,13,15,18,20H,4-7,10,12H2,1-3H3. The van der Waals surface area contributed by atoms with Gasteiger partial charge in [0.25, 0.3) is 0 Å². The van der Waals surface area contributed by atoms with Crippen molar-refractivity contribution < 1.29 is 9.84 Å². The summed E-state index contributed by atoms with van der Waals surface area (Å²) in [5.74, 6) is 0.359. The fourth-order valence-corrected chi connectivity index (χ4v) is 2.91. The average Bonchev–Trinajstić information content (AvgIpc) is 2.48. The van der Waals surface area contributed by atoms with E-state index in [4.69, 9.17) is 4.74 Å². The molecule has 0 spiro atoms. The van der Waals surface area contributed by atoms with Crippen molar-refractivity contribution in [2.45, 2.75) is 45.3 Å². The van der Waals surface area contributed by atoms with Gasteiger partial charge in [-0.3, -0.25) is 0 Å². The van der Waals surface area contributed by atoms with Crippen LogP contribution in [-0.4, -0.2) is 38.0 Å². The van der Waals surface area contributed by atoms with E-state index in [0.29, 0.717) is 11.9 Å². The van der Waals surface area contributed by atoms with Gasteiger partial charge in [-0.15, -0.1) is 0 Å². The second-order valence-electron chi connectivity index (χ2n) is 5.89. The molecular weight excluding hydrogens is 264 g/mol. The second-order valence-corrected chi connectivity index (χ2v) is 5.89. The number of rotatable bonds is 6. The lowest BCUT2D eigenvalue weighted by atomic mass is 10.1. The maximum atomic E-state index is 10.2. The van der Waals surface area contributed by atoms with Crippen molar-refractivity contribution in [2.75, 3.05) is 31.6 Å². The monoisotopic (exact) mass is 292 g/mol. The minimum absolute atomic E-state index is 0.163. The van der Waals surface area contributed by atoms with Crippen molar-refractivity contribution >= 4 is 5.69 Å². The molecule has 0 aromatic heterocycles. The molecule has 0 radical (unpaired) electrons. The number of nitrogens with zero attached hydrogens (tertiary/aromatic N) is 1. The average molecular weight is 292 g/mol. The summed E-state index contributed by atoms with van der Waals surface area (Å²) >= 11 is 0. The Morgan fingerprint density at radius 3 is 2.86 bits per heavy atom. The zero-order valence-electron chi connectivity index (χ0n) is 13.4. The Bertz CT molecular complexity index is 444. The van der Waals surface area contributed by atoms with Crippen LogP contribution in [0.15, 0.2) is 18.2 Å². The molecule has 1 aromatic rings. The Morgan fingerprint density at radius 1 is 1.43 bits per heavy atom. The van der Waals surface area contributed by atoms with E-state index >= 15 is 0 Å². The fraction of sp³-hybridized carbons (Fsp3) is 0.647. The first-order chi connectivity index (χ1) is 10.1. The van der Waals surface area contributed by atoms with E-state index in [1.54, 1.807) is 0 Å². The normalized spacial score (nSPS) is 20.2. The number of hydrogen-bond acceptors (Lipinski definition) is 4. The predicted molar refractivity (Wildman–Crippen MR) is 87.1 cm³/mol. The maximum absolute atomic E-state index is 10.2. The molecule has 1 heterocycles. The van der Waals surface area contributed by atoms with E-state index in [1.807, 2.05) is 12.1 Å². The van der Waals surface area contributed by atoms with Gasteiger partial charge in [0.2, 0.25) is 0 Å². The first-order valence-corrected chi connectivity index (χ1v) is 8.00. The number of ether oxygens (including phenoxy) is 1. The summed E-state index contributed by atoms with van der Waals surface area (Å²) in [6.45, 7) is 6.78. The molecule has 1 aliphatic heterocycles. The summed E-state index contributed by atoms with van der Waals surface area (Å²) in [5, 5.41) is 13.6. The molecule has 2 atom stereocenters. The van der Waals surface area contributed by atoms with E-state index in [1.165, 1.54) is 12.8 Å². The van der Waals surface area contributed by atoms with Crippen LogP contribution in [0.4, 0.5) is 5.69 Å². The number of aromatic hydroxyl groups is 1. The Kier molecular flexibility index (Phi) is 5.88. The highest BCUT2D eigenvalue weighted by molar-refractivity contribution is 5.53. The van der Waals surface area contributed by atoms with Gasteiger partial charge in [0.15, 0.2) is 0 Å². The first kappa shape index (κ1) is 16.1. The molecule has 2 N–H and O–H groups in total. The van der Waals surface area contributed by atoms with Crippen LogP contribution in [0.1, 0.15) is 44.7 Å². The molecular formula is C17H28N2O2. The Balaban J connectivity index is 2.01. The van der Waals surface area contributed by atoms with E-state index < -0.39 is 0 Å². The van der Waals surface area contributed by atoms with Gasteiger partial charge in [-0.1, -0.05) is 13.0 Å². The first-order valence-electron chi connectivity index (χ1n) is 8.00. The Morgan fingerprint density at radius 2 is 2.24 bits per heavy atom. The molecule has 4 heteroatoms. The van der Waals surface area contributed by atoms with Gasteiger partial charge in [0, 0.05) is 43.6 Å². The molecule has 0 amide bonds. The van der Waals surface area contributed by atoms with Crippen LogP contribution < -0.4 is 10.2 Å². The molecule has 0 saturated carbocycles.